The van der Waals surface area contributed by atoms with Crippen molar-refractivity contribution in [3.63, 3.8) is 0 Å². The van der Waals surface area contributed by atoms with E-state index in [0.29, 0.717) is 0 Å². The molecule has 1 heterocycles. The Morgan fingerprint density at radius 2 is 2.00 bits per heavy atom. The number of aromatic nitrogens is 2. The molecule has 1 N–H and O–H groups in total. The summed E-state index contributed by atoms with van der Waals surface area (Å²) in [5.41, 5.74) is 2.57. The van der Waals surface area contributed by atoms with Crippen LogP contribution < -0.4 is 10.1 Å². The molecule has 0 aliphatic carbocycles. The molecule has 0 aliphatic rings. The Labute approximate surface area is 124 Å². The van der Waals surface area contributed by atoms with Gasteiger partial charge in [-0.2, -0.15) is 0 Å². The van der Waals surface area contributed by atoms with Crippen LogP contribution in [0.4, 0.5) is 5.13 Å². The number of nitrogens with one attached hydrogen (secondary N) is 1. The van der Waals surface area contributed by atoms with Gasteiger partial charge in [0.05, 0.1) is 6.61 Å². The SMILES string of the molecule is CNc1nnc(CCCCOc2ccc(C)c(C)c2)s1. The summed E-state index contributed by atoms with van der Waals surface area (Å²) in [4.78, 5) is 0. The van der Waals surface area contributed by atoms with Gasteiger partial charge in [-0.25, -0.2) is 0 Å². The van der Waals surface area contributed by atoms with Crippen LogP contribution in [0.25, 0.3) is 0 Å². The van der Waals surface area contributed by atoms with E-state index in [1.165, 1.54) is 11.1 Å². The average molecular weight is 291 g/mol. The Morgan fingerprint density at radius 1 is 1.15 bits per heavy atom. The summed E-state index contributed by atoms with van der Waals surface area (Å²) in [7, 11) is 1.86. The summed E-state index contributed by atoms with van der Waals surface area (Å²) < 4.78 is 5.76. The van der Waals surface area contributed by atoms with E-state index in [1.807, 2.05) is 13.1 Å². The summed E-state index contributed by atoms with van der Waals surface area (Å²) >= 11 is 1.62. The van der Waals surface area contributed by atoms with Crippen molar-refractivity contribution < 1.29 is 4.74 Å². The third-order valence-corrected chi connectivity index (χ3v) is 4.21. The minimum absolute atomic E-state index is 0.750. The second kappa shape index (κ2) is 7.24. The number of anilines is 1. The summed E-state index contributed by atoms with van der Waals surface area (Å²) in [5.74, 6) is 0.960. The van der Waals surface area contributed by atoms with E-state index >= 15 is 0 Å². The van der Waals surface area contributed by atoms with Gasteiger partial charge in [0, 0.05) is 13.5 Å². The van der Waals surface area contributed by atoms with Gasteiger partial charge < -0.3 is 10.1 Å². The first-order valence-electron chi connectivity index (χ1n) is 6.89. The second-order valence-corrected chi connectivity index (χ2v) is 5.86. The quantitative estimate of drug-likeness (QED) is 0.792. The number of hydrogen-bond acceptors (Lipinski definition) is 5. The van der Waals surface area contributed by atoms with Gasteiger partial charge in [-0.05, 0) is 49.9 Å². The molecule has 0 aliphatic heterocycles. The zero-order valence-electron chi connectivity index (χ0n) is 12.3. The molecule has 4 nitrogen and oxygen atoms in total. The molecule has 108 valence electrons. The monoisotopic (exact) mass is 291 g/mol. The van der Waals surface area contributed by atoms with Crippen molar-refractivity contribution in [2.75, 3.05) is 19.0 Å². The Morgan fingerprint density at radius 3 is 2.70 bits per heavy atom. The summed E-state index contributed by atoms with van der Waals surface area (Å²) in [5, 5.41) is 13.1. The van der Waals surface area contributed by atoms with Crippen molar-refractivity contribution in [2.24, 2.45) is 0 Å². The van der Waals surface area contributed by atoms with Gasteiger partial charge in [-0.3, -0.25) is 0 Å². The average Bonchev–Trinajstić information content (AvgIpc) is 2.90. The molecular weight excluding hydrogens is 270 g/mol. The van der Waals surface area contributed by atoms with Crippen molar-refractivity contribution in [3.05, 3.63) is 34.3 Å². The van der Waals surface area contributed by atoms with E-state index in [1.54, 1.807) is 11.3 Å². The lowest BCUT2D eigenvalue weighted by Crippen LogP contribution is -1.99. The smallest absolute Gasteiger partial charge is 0.205 e. The van der Waals surface area contributed by atoms with Crippen LogP contribution in [0.1, 0.15) is 29.0 Å². The molecule has 0 radical (unpaired) electrons. The standard InChI is InChI=1S/C15H21N3OS/c1-11-7-8-13(10-12(11)2)19-9-5-4-6-14-17-18-15(16-3)20-14/h7-8,10H,4-6,9H2,1-3H3,(H,16,18). The number of rotatable bonds is 7. The Hall–Kier alpha value is -1.62. The molecule has 5 heteroatoms. The lowest BCUT2D eigenvalue weighted by atomic mass is 10.1. The molecule has 2 rings (SSSR count). The Kier molecular flexibility index (Phi) is 5.35. The van der Waals surface area contributed by atoms with Crippen molar-refractivity contribution in [1.82, 2.24) is 10.2 Å². The lowest BCUT2D eigenvalue weighted by molar-refractivity contribution is 0.306. The molecule has 0 atom stereocenters. The Balaban J connectivity index is 1.67. The minimum Gasteiger partial charge on any atom is -0.494 e. The molecule has 0 spiro atoms. The fraction of sp³-hybridized carbons (Fsp3) is 0.467. The first-order chi connectivity index (χ1) is 9.69. The number of aryl methyl sites for hydroxylation is 3. The minimum atomic E-state index is 0.750. The van der Waals surface area contributed by atoms with Crippen LogP contribution in [-0.4, -0.2) is 23.9 Å². The molecule has 1 aromatic carbocycles. The van der Waals surface area contributed by atoms with Gasteiger partial charge >= 0.3 is 0 Å². The normalized spacial score (nSPS) is 10.6. The highest BCUT2D eigenvalue weighted by molar-refractivity contribution is 7.15. The van der Waals surface area contributed by atoms with Gasteiger partial charge in [-0.1, -0.05) is 17.4 Å². The third kappa shape index (κ3) is 4.20. The maximum absolute atomic E-state index is 5.76. The molecule has 0 fully saturated rings. The van der Waals surface area contributed by atoms with Crippen LogP contribution >= 0.6 is 11.3 Å². The second-order valence-electron chi connectivity index (χ2n) is 4.80. The predicted molar refractivity (Wildman–Crippen MR) is 83.8 cm³/mol. The fourth-order valence-corrected chi connectivity index (χ4v) is 2.56. The highest BCUT2D eigenvalue weighted by atomic mass is 32.1. The maximum atomic E-state index is 5.76. The van der Waals surface area contributed by atoms with Gasteiger partial charge in [0.1, 0.15) is 10.8 Å². The third-order valence-electron chi connectivity index (χ3n) is 3.21. The molecule has 0 amide bonds. The van der Waals surface area contributed by atoms with Crippen molar-refractivity contribution in [3.8, 4) is 5.75 Å². The van der Waals surface area contributed by atoms with Crippen molar-refractivity contribution >= 4 is 16.5 Å². The first-order valence-corrected chi connectivity index (χ1v) is 7.71. The van der Waals surface area contributed by atoms with Gasteiger partial charge in [0.25, 0.3) is 0 Å². The summed E-state index contributed by atoms with van der Waals surface area (Å²) in [6.45, 7) is 4.97. The molecule has 0 unspecified atom stereocenters. The number of ether oxygens (including phenoxy) is 1. The molecule has 0 saturated carbocycles. The van der Waals surface area contributed by atoms with E-state index in [0.717, 1.165) is 41.8 Å². The largest absolute Gasteiger partial charge is 0.494 e. The zero-order chi connectivity index (χ0) is 14.4. The van der Waals surface area contributed by atoms with Crippen molar-refractivity contribution in [2.45, 2.75) is 33.1 Å². The summed E-state index contributed by atoms with van der Waals surface area (Å²) in [6.07, 6.45) is 3.07. The van der Waals surface area contributed by atoms with Crippen molar-refractivity contribution in [1.29, 1.82) is 0 Å². The number of nitrogens with zero attached hydrogens (tertiary/aromatic N) is 2. The highest BCUT2D eigenvalue weighted by Crippen LogP contribution is 2.18. The molecule has 2 aromatic rings. The van der Waals surface area contributed by atoms with E-state index < -0.39 is 0 Å². The van der Waals surface area contributed by atoms with E-state index in [9.17, 15) is 0 Å². The molecular formula is C15H21N3OS. The first kappa shape index (κ1) is 14.8. The topological polar surface area (TPSA) is 47.0 Å². The molecule has 1 aromatic heterocycles. The molecule has 0 saturated heterocycles. The number of unbranched alkanes of at least 4 members (excludes halogenated alkanes) is 1. The molecule has 0 bridgehead atoms. The van der Waals surface area contributed by atoms with Crippen LogP contribution in [0.15, 0.2) is 18.2 Å². The van der Waals surface area contributed by atoms with E-state index in [2.05, 4.69) is 41.5 Å². The molecule has 20 heavy (non-hydrogen) atoms. The van der Waals surface area contributed by atoms with Gasteiger partial charge in [0.15, 0.2) is 0 Å². The maximum Gasteiger partial charge on any atom is 0.205 e. The van der Waals surface area contributed by atoms with Crippen LogP contribution in [0.2, 0.25) is 0 Å². The van der Waals surface area contributed by atoms with Crippen LogP contribution in [-0.2, 0) is 6.42 Å². The van der Waals surface area contributed by atoms with Crippen LogP contribution in [0.5, 0.6) is 5.75 Å². The van der Waals surface area contributed by atoms with E-state index in [4.69, 9.17) is 4.74 Å². The Bertz CT molecular complexity index is 554. The van der Waals surface area contributed by atoms with E-state index in [-0.39, 0.29) is 0 Å². The highest BCUT2D eigenvalue weighted by Gasteiger charge is 2.02. The summed E-state index contributed by atoms with van der Waals surface area (Å²) in [6, 6.07) is 6.23. The van der Waals surface area contributed by atoms with Gasteiger partial charge in [0.2, 0.25) is 5.13 Å². The zero-order valence-corrected chi connectivity index (χ0v) is 13.1. The van der Waals surface area contributed by atoms with Crippen LogP contribution in [0, 0.1) is 13.8 Å². The number of hydrogen-bond donors (Lipinski definition) is 1. The fourth-order valence-electron chi connectivity index (χ4n) is 1.83. The lowest BCUT2D eigenvalue weighted by Gasteiger charge is -2.07. The van der Waals surface area contributed by atoms with Crippen LogP contribution in [0.3, 0.4) is 0 Å². The predicted octanol–water partition coefficient (Wildman–Crippen LogP) is 3.60. The number of benzene rings is 1. The van der Waals surface area contributed by atoms with Gasteiger partial charge in [-0.15, -0.1) is 10.2 Å².